The van der Waals surface area contributed by atoms with Gasteiger partial charge in [-0.2, -0.15) is 0 Å². The SMILES string of the molecule is O=C(O)CCC1CCCCN1C(=O)Cn1cnnn1. The van der Waals surface area contributed by atoms with Crippen LogP contribution in [0.25, 0.3) is 0 Å². The molecule has 0 saturated carbocycles. The minimum atomic E-state index is -0.821. The van der Waals surface area contributed by atoms with Gasteiger partial charge in [0.05, 0.1) is 0 Å². The first kappa shape index (κ1) is 13.4. The maximum atomic E-state index is 12.2. The summed E-state index contributed by atoms with van der Waals surface area (Å²) in [7, 11) is 0. The topological polar surface area (TPSA) is 101 Å². The number of carboxylic acids is 1. The van der Waals surface area contributed by atoms with Crippen molar-refractivity contribution >= 4 is 11.9 Å². The number of carbonyl (C=O) groups is 2. The van der Waals surface area contributed by atoms with Crippen LogP contribution in [0.1, 0.15) is 32.1 Å². The Hall–Kier alpha value is -1.99. The van der Waals surface area contributed by atoms with Crippen LogP contribution in [0.15, 0.2) is 6.33 Å². The van der Waals surface area contributed by atoms with E-state index >= 15 is 0 Å². The predicted octanol–water partition coefficient (Wildman–Crippen LogP) is -0.0810. The molecule has 2 heterocycles. The zero-order valence-electron chi connectivity index (χ0n) is 10.6. The monoisotopic (exact) mass is 267 g/mol. The largest absolute Gasteiger partial charge is 0.481 e. The molecule has 1 aromatic rings. The van der Waals surface area contributed by atoms with Crippen LogP contribution in [0.5, 0.6) is 0 Å². The fraction of sp³-hybridized carbons (Fsp3) is 0.727. The minimum Gasteiger partial charge on any atom is -0.481 e. The molecule has 8 nitrogen and oxygen atoms in total. The normalized spacial score (nSPS) is 19.4. The van der Waals surface area contributed by atoms with Crippen molar-refractivity contribution in [2.24, 2.45) is 0 Å². The van der Waals surface area contributed by atoms with E-state index < -0.39 is 5.97 Å². The molecule has 1 aliphatic rings. The van der Waals surface area contributed by atoms with Gasteiger partial charge < -0.3 is 10.0 Å². The van der Waals surface area contributed by atoms with Crippen molar-refractivity contribution in [3.63, 3.8) is 0 Å². The zero-order chi connectivity index (χ0) is 13.7. The van der Waals surface area contributed by atoms with Gasteiger partial charge in [-0.1, -0.05) is 0 Å². The third kappa shape index (κ3) is 3.73. The Balaban J connectivity index is 1.94. The molecule has 0 radical (unpaired) electrons. The van der Waals surface area contributed by atoms with Crippen LogP contribution < -0.4 is 0 Å². The van der Waals surface area contributed by atoms with E-state index in [9.17, 15) is 9.59 Å². The molecule has 104 valence electrons. The maximum Gasteiger partial charge on any atom is 0.303 e. The lowest BCUT2D eigenvalue weighted by atomic mass is 9.98. The van der Waals surface area contributed by atoms with Crippen molar-refractivity contribution in [2.45, 2.75) is 44.7 Å². The quantitative estimate of drug-likeness (QED) is 0.800. The van der Waals surface area contributed by atoms with Crippen molar-refractivity contribution in [1.29, 1.82) is 0 Å². The molecule has 19 heavy (non-hydrogen) atoms. The van der Waals surface area contributed by atoms with E-state index in [0.29, 0.717) is 13.0 Å². The number of amides is 1. The van der Waals surface area contributed by atoms with E-state index in [1.54, 1.807) is 4.90 Å². The summed E-state index contributed by atoms with van der Waals surface area (Å²) in [5, 5.41) is 19.4. The average molecular weight is 267 g/mol. The van der Waals surface area contributed by atoms with Gasteiger partial charge in [-0.15, -0.1) is 5.10 Å². The van der Waals surface area contributed by atoms with E-state index in [-0.39, 0.29) is 24.9 Å². The highest BCUT2D eigenvalue weighted by Gasteiger charge is 2.27. The number of tetrazole rings is 1. The lowest BCUT2D eigenvalue weighted by Crippen LogP contribution is -2.45. The van der Waals surface area contributed by atoms with Crippen LogP contribution in [0.4, 0.5) is 0 Å². The molecule has 1 atom stereocenters. The van der Waals surface area contributed by atoms with E-state index in [0.717, 1.165) is 19.3 Å². The van der Waals surface area contributed by atoms with Crippen LogP contribution in [-0.4, -0.2) is 54.7 Å². The Kier molecular flexibility index (Phi) is 4.43. The van der Waals surface area contributed by atoms with E-state index in [1.165, 1.54) is 11.0 Å². The molecule has 1 amide bonds. The summed E-state index contributed by atoms with van der Waals surface area (Å²) in [5.74, 6) is -0.874. The smallest absolute Gasteiger partial charge is 0.303 e. The van der Waals surface area contributed by atoms with Gasteiger partial charge in [0, 0.05) is 19.0 Å². The zero-order valence-corrected chi connectivity index (χ0v) is 10.6. The molecular weight excluding hydrogens is 250 g/mol. The van der Waals surface area contributed by atoms with Crippen LogP contribution in [-0.2, 0) is 16.1 Å². The number of rotatable bonds is 5. The Morgan fingerprint density at radius 1 is 1.37 bits per heavy atom. The highest BCUT2D eigenvalue weighted by molar-refractivity contribution is 5.76. The maximum absolute atomic E-state index is 12.2. The molecule has 0 aliphatic carbocycles. The number of nitrogens with zero attached hydrogens (tertiary/aromatic N) is 5. The lowest BCUT2D eigenvalue weighted by molar-refractivity contribution is -0.140. The fourth-order valence-electron chi connectivity index (χ4n) is 2.40. The van der Waals surface area contributed by atoms with Gasteiger partial charge in [0.15, 0.2) is 0 Å². The Morgan fingerprint density at radius 3 is 2.89 bits per heavy atom. The summed E-state index contributed by atoms with van der Waals surface area (Å²) < 4.78 is 1.38. The second-order valence-electron chi connectivity index (χ2n) is 4.68. The molecule has 2 rings (SSSR count). The number of aliphatic carboxylic acids is 1. The highest BCUT2D eigenvalue weighted by Crippen LogP contribution is 2.21. The van der Waals surface area contributed by atoms with Crippen molar-refractivity contribution < 1.29 is 14.7 Å². The van der Waals surface area contributed by atoms with Gasteiger partial charge in [0.25, 0.3) is 0 Å². The Morgan fingerprint density at radius 2 is 2.21 bits per heavy atom. The second-order valence-corrected chi connectivity index (χ2v) is 4.68. The number of hydrogen-bond donors (Lipinski definition) is 1. The van der Waals surface area contributed by atoms with Gasteiger partial charge in [-0.3, -0.25) is 9.59 Å². The number of likely N-dealkylation sites (tertiary alicyclic amines) is 1. The molecule has 0 bridgehead atoms. The van der Waals surface area contributed by atoms with E-state index in [1.807, 2.05) is 0 Å². The average Bonchev–Trinajstić information content (AvgIpc) is 2.89. The summed E-state index contributed by atoms with van der Waals surface area (Å²) in [6.45, 7) is 0.793. The van der Waals surface area contributed by atoms with Crippen molar-refractivity contribution in [3.05, 3.63) is 6.33 Å². The molecule has 1 fully saturated rings. The van der Waals surface area contributed by atoms with Crippen LogP contribution >= 0.6 is 0 Å². The molecule has 1 unspecified atom stereocenters. The van der Waals surface area contributed by atoms with Crippen molar-refractivity contribution in [1.82, 2.24) is 25.1 Å². The molecule has 8 heteroatoms. The number of hydrogen-bond acceptors (Lipinski definition) is 5. The lowest BCUT2D eigenvalue weighted by Gasteiger charge is -2.35. The second kappa shape index (κ2) is 6.26. The summed E-state index contributed by atoms with van der Waals surface area (Å²) in [4.78, 5) is 24.6. The first-order valence-electron chi connectivity index (χ1n) is 6.39. The fourth-order valence-corrected chi connectivity index (χ4v) is 2.40. The van der Waals surface area contributed by atoms with Crippen molar-refractivity contribution in [3.8, 4) is 0 Å². The van der Waals surface area contributed by atoms with Gasteiger partial charge >= 0.3 is 5.97 Å². The van der Waals surface area contributed by atoms with Gasteiger partial charge in [-0.05, 0) is 36.1 Å². The van der Waals surface area contributed by atoms with E-state index in [4.69, 9.17) is 5.11 Å². The standard InChI is InChI=1S/C11H17N5O3/c17-10(7-15-8-12-13-14-15)16-6-2-1-3-9(16)4-5-11(18)19/h8-9H,1-7H2,(H,18,19). The van der Waals surface area contributed by atoms with Crippen LogP contribution in [0, 0.1) is 0 Å². The van der Waals surface area contributed by atoms with Gasteiger partial charge in [0.1, 0.15) is 12.9 Å². The number of piperidine rings is 1. The molecular formula is C11H17N5O3. The number of carboxylic acid groups (broad SMARTS) is 1. The first-order chi connectivity index (χ1) is 9.16. The minimum absolute atomic E-state index is 0.0221. The molecule has 0 aromatic carbocycles. The summed E-state index contributed by atoms with van der Waals surface area (Å²) in [6.07, 6.45) is 4.88. The van der Waals surface area contributed by atoms with Crippen molar-refractivity contribution in [2.75, 3.05) is 6.54 Å². The highest BCUT2D eigenvalue weighted by atomic mass is 16.4. The molecule has 1 aliphatic heterocycles. The number of aromatic nitrogens is 4. The number of carbonyl (C=O) groups excluding carboxylic acids is 1. The Labute approximate surface area is 110 Å². The molecule has 1 saturated heterocycles. The third-order valence-corrected chi connectivity index (χ3v) is 3.33. The summed E-state index contributed by atoms with van der Waals surface area (Å²) in [6, 6.07) is 0.0221. The third-order valence-electron chi connectivity index (χ3n) is 3.33. The summed E-state index contributed by atoms with van der Waals surface area (Å²) >= 11 is 0. The van der Waals surface area contributed by atoms with Gasteiger partial charge in [0.2, 0.25) is 5.91 Å². The van der Waals surface area contributed by atoms with Gasteiger partial charge in [-0.25, -0.2) is 4.68 Å². The van der Waals surface area contributed by atoms with Crippen LogP contribution in [0.2, 0.25) is 0 Å². The van der Waals surface area contributed by atoms with Crippen LogP contribution in [0.3, 0.4) is 0 Å². The molecule has 0 spiro atoms. The predicted molar refractivity (Wildman–Crippen MR) is 64.0 cm³/mol. The molecule has 1 N–H and O–H groups in total. The Bertz CT molecular complexity index is 434. The summed E-state index contributed by atoms with van der Waals surface area (Å²) in [5.41, 5.74) is 0. The van der Waals surface area contributed by atoms with E-state index in [2.05, 4.69) is 15.5 Å². The first-order valence-corrected chi connectivity index (χ1v) is 6.39. The molecule has 1 aromatic heterocycles.